The zero-order valence-electron chi connectivity index (χ0n) is 12.8. The minimum atomic E-state index is 0.905. The van der Waals surface area contributed by atoms with Crippen LogP contribution in [0.25, 0.3) is 0 Å². The molecule has 21 heavy (non-hydrogen) atoms. The lowest BCUT2D eigenvalue weighted by Gasteiger charge is -2.30. The fraction of sp³-hybridized carbons (Fsp3) is 0.412. The van der Waals surface area contributed by atoms with E-state index in [2.05, 4.69) is 46.4 Å². The highest BCUT2D eigenvalue weighted by molar-refractivity contribution is 5.51. The average Bonchev–Trinajstić information content (AvgIpc) is 2.54. The monoisotopic (exact) mass is 282 g/mol. The summed E-state index contributed by atoms with van der Waals surface area (Å²) in [5.74, 6) is 2.87. The summed E-state index contributed by atoms with van der Waals surface area (Å²) in [5.41, 5.74) is 2.87. The van der Waals surface area contributed by atoms with Gasteiger partial charge in [-0.1, -0.05) is 31.2 Å². The Morgan fingerprint density at radius 2 is 2.00 bits per heavy atom. The molecule has 4 nitrogen and oxygen atoms in total. The van der Waals surface area contributed by atoms with Crippen LogP contribution in [0.1, 0.15) is 30.3 Å². The first-order valence-electron chi connectivity index (χ1n) is 7.67. The van der Waals surface area contributed by atoms with Gasteiger partial charge in [0, 0.05) is 32.6 Å². The lowest BCUT2D eigenvalue weighted by Crippen LogP contribution is -2.31. The van der Waals surface area contributed by atoms with Crippen molar-refractivity contribution in [2.45, 2.75) is 32.7 Å². The first kappa shape index (κ1) is 13.9. The Morgan fingerprint density at radius 1 is 1.19 bits per heavy atom. The number of nitrogens with zero attached hydrogens (tertiary/aromatic N) is 3. The summed E-state index contributed by atoms with van der Waals surface area (Å²) in [6, 6.07) is 10.7. The van der Waals surface area contributed by atoms with Gasteiger partial charge in [0.2, 0.25) is 0 Å². The fourth-order valence-corrected chi connectivity index (χ4v) is 2.80. The SMILES string of the molecule is CCCc1nc(NC)cc(N2CCc3ccccc3C2)n1. The van der Waals surface area contributed by atoms with E-state index in [-0.39, 0.29) is 0 Å². The predicted octanol–water partition coefficient (Wildman–Crippen LogP) is 3.03. The smallest absolute Gasteiger partial charge is 0.134 e. The molecule has 0 fully saturated rings. The number of rotatable bonds is 4. The van der Waals surface area contributed by atoms with Crippen LogP contribution in [0, 0.1) is 0 Å². The van der Waals surface area contributed by atoms with Gasteiger partial charge in [0.15, 0.2) is 0 Å². The number of hydrogen-bond donors (Lipinski definition) is 1. The first-order valence-corrected chi connectivity index (χ1v) is 7.67. The third kappa shape index (κ3) is 2.99. The van der Waals surface area contributed by atoms with Crippen LogP contribution in [0.5, 0.6) is 0 Å². The van der Waals surface area contributed by atoms with E-state index in [1.807, 2.05) is 13.1 Å². The molecule has 0 unspecified atom stereocenters. The second-order valence-electron chi connectivity index (χ2n) is 5.47. The molecule has 1 aliphatic heterocycles. The topological polar surface area (TPSA) is 41.1 Å². The second kappa shape index (κ2) is 6.12. The van der Waals surface area contributed by atoms with Crippen molar-refractivity contribution in [1.29, 1.82) is 0 Å². The van der Waals surface area contributed by atoms with Crippen molar-refractivity contribution in [1.82, 2.24) is 9.97 Å². The maximum atomic E-state index is 4.74. The van der Waals surface area contributed by atoms with Crippen molar-refractivity contribution < 1.29 is 0 Å². The number of hydrogen-bond acceptors (Lipinski definition) is 4. The maximum Gasteiger partial charge on any atom is 0.134 e. The number of nitrogens with one attached hydrogen (secondary N) is 1. The van der Waals surface area contributed by atoms with Crippen LogP contribution in [-0.4, -0.2) is 23.6 Å². The Morgan fingerprint density at radius 3 is 2.76 bits per heavy atom. The van der Waals surface area contributed by atoms with E-state index < -0.39 is 0 Å². The second-order valence-corrected chi connectivity index (χ2v) is 5.47. The largest absolute Gasteiger partial charge is 0.373 e. The Labute approximate surface area is 126 Å². The molecule has 2 aromatic rings. The minimum Gasteiger partial charge on any atom is -0.373 e. The molecule has 0 bridgehead atoms. The summed E-state index contributed by atoms with van der Waals surface area (Å²) >= 11 is 0. The Bertz CT molecular complexity index is 624. The summed E-state index contributed by atoms with van der Waals surface area (Å²) in [6.07, 6.45) is 3.07. The molecule has 110 valence electrons. The van der Waals surface area contributed by atoms with Gasteiger partial charge in [-0.2, -0.15) is 0 Å². The van der Waals surface area contributed by atoms with Crippen LogP contribution in [0.15, 0.2) is 30.3 Å². The van der Waals surface area contributed by atoms with Gasteiger partial charge in [-0.05, 0) is 24.0 Å². The molecule has 0 atom stereocenters. The number of fused-ring (bicyclic) bond motifs is 1. The summed E-state index contributed by atoms with van der Waals surface area (Å²) in [4.78, 5) is 11.6. The summed E-state index contributed by atoms with van der Waals surface area (Å²) in [5, 5.41) is 3.15. The van der Waals surface area contributed by atoms with Gasteiger partial charge in [-0.25, -0.2) is 9.97 Å². The fourth-order valence-electron chi connectivity index (χ4n) is 2.80. The van der Waals surface area contributed by atoms with E-state index in [0.29, 0.717) is 0 Å². The number of aromatic nitrogens is 2. The number of benzene rings is 1. The van der Waals surface area contributed by atoms with E-state index in [1.54, 1.807) is 0 Å². The van der Waals surface area contributed by atoms with E-state index >= 15 is 0 Å². The molecule has 1 aromatic carbocycles. The number of aryl methyl sites for hydroxylation is 1. The molecule has 1 N–H and O–H groups in total. The molecule has 0 saturated carbocycles. The molecule has 4 heteroatoms. The first-order chi connectivity index (χ1) is 10.3. The highest BCUT2D eigenvalue weighted by Crippen LogP contribution is 2.24. The zero-order valence-corrected chi connectivity index (χ0v) is 12.8. The van der Waals surface area contributed by atoms with Gasteiger partial charge in [0.1, 0.15) is 17.5 Å². The molecule has 0 amide bonds. The molecule has 0 aliphatic carbocycles. The molecule has 0 radical (unpaired) electrons. The highest BCUT2D eigenvalue weighted by Gasteiger charge is 2.18. The van der Waals surface area contributed by atoms with Crippen LogP contribution in [0.4, 0.5) is 11.6 Å². The normalized spacial score (nSPS) is 13.9. The van der Waals surface area contributed by atoms with Crippen molar-refractivity contribution >= 4 is 11.6 Å². The lowest BCUT2D eigenvalue weighted by molar-refractivity contribution is 0.711. The summed E-state index contributed by atoms with van der Waals surface area (Å²) in [6.45, 7) is 4.11. The number of anilines is 2. The van der Waals surface area contributed by atoms with Gasteiger partial charge in [-0.3, -0.25) is 0 Å². The van der Waals surface area contributed by atoms with Gasteiger partial charge >= 0.3 is 0 Å². The van der Waals surface area contributed by atoms with Crippen LogP contribution < -0.4 is 10.2 Å². The Balaban J connectivity index is 1.89. The molecular formula is C17H22N4. The molecule has 2 heterocycles. The van der Waals surface area contributed by atoms with Gasteiger partial charge in [0.25, 0.3) is 0 Å². The van der Waals surface area contributed by atoms with Crippen LogP contribution >= 0.6 is 0 Å². The van der Waals surface area contributed by atoms with Gasteiger partial charge in [0.05, 0.1) is 0 Å². The van der Waals surface area contributed by atoms with Crippen molar-refractivity contribution in [2.24, 2.45) is 0 Å². The highest BCUT2D eigenvalue weighted by atomic mass is 15.2. The Kier molecular flexibility index (Phi) is 4.04. The molecule has 0 spiro atoms. The van der Waals surface area contributed by atoms with Gasteiger partial charge in [-0.15, -0.1) is 0 Å². The van der Waals surface area contributed by atoms with Gasteiger partial charge < -0.3 is 10.2 Å². The standard InChI is InChI=1S/C17H22N4/c1-3-6-15-19-16(18-2)11-17(20-15)21-10-9-13-7-4-5-8-14(13)12-21/h4-5,7-8,11H,3,6,9-10,12H2,1-2H3,(H,18,19,20). The van der Waals surface area contributed by atoms with E-state index in [1.165, 1.54) is 11.1 Å². The molecule has 3 rings (SSSR count). The van der Waals surface area contributed by atoms with E-state index in [0.717, 1.165) is 49.8 Å². The van der Waals surface area contributed by atoms with Crippen molar-refractivity contribution in [3.63, 3.8) is 0 Å². The lowest BCUT2D eigenvalue weighted by atomic mass is 10.00. The molecule has 0 saturated heterocycles. The molecular weight excluding hydrogens is 260 g/mol. The third-order valence-electron chi connectivity index (χ3n) is 3.94. The summed E-state index contributed by atoms with van der Waals surface area (Å²) < 4.78 is 0. The van der Waals surface area contributed by atoms with Crippen molar-refractivity contribution in [3.05, 3.63) is 47.3 Å². The Hall–Kier alpha value is -2.10. The molecule has 1 aromatic heterocycles. The zero-order chi connectivity index (χ0) is 14.7. The average molecular weight is 282 g/mol. The van der Waals surface area contributed by atoms with Crippen LogP contribution in [0.3, 0.4) is 0 Å². The maximum absolute atomic E-state index is 4.74. The molecule has 1 aliphatic rings. The third-order valence-corrected chi connectivity index (χ3v) is 3.94. The van der Waals surface area contributed by atoms with E-state index in [9.17, 15) is 0 Å². The van der Waals surface area contributed by atoms with Crippen molar-refractivity contribution in [3.8, 4) is 0 Å². The summed E-state index contributed by atoms with van der Waals surface area (Å²) in [7, 11) is 1.91. The van der Waals surface area contributed by atoms with Crippen LogP contribution in [0.2, 0.25) is 0 Å². The van der Waals surface area contributed by atoms with E-state index in [4.69, 9.17) is 4.98 Å². The quantitative estimate of drug-likeness (QED) is 0.936. The minimum absolute atomic E-state index is 0.905. The predicted molar refractivity (Wildman–Crippen MR) is 86.8 cm³/mol. The van der Waals surface area contributed by atoms with Crippen molar-refractivity contribution in [2.75, 3.05) is 23.8 Å². The van der Waals surface area contributed by atoms with Crippen LogP contribution in [-0.2, 0) is 19.4 Å².